The first-order chi connectivity index (χ1) is 29.6. The minimum Gasteiger partial charge on any atom is -0.481 e. The van der Waals surface area contributed by atoms with Crippen LogP contribution in [0.5, 0.6) is 0 Å². The molecule has 0 aromatic carbocycles. The average molecular weight is 919 g/mol. The fourth-order valence-electron chi connectivity index (χ4n) is 5.91. The van der Waals surface area contributed by atoms with Crippen molar-refractivity contribution in [2.75, 3.05) is 6.54 Å². The topological polar surface area (TPSA) is 434 Å². The number of nitrogens with two attached hydrogens (primary N) is 1. The predicted octanol–water partition coefficient (Wildman–Crippen LogP) is -5.56. The molecule has 0 bridgehead atoms. The maximum atomic E-state index is 13.9. The molecule has 25 nitrogen and oxygen atoms in total. The van der Waals surface area contributed by atoms with Crippen molar-refractivity contribution in [3.8, 4) is 0 Å². The maximum Gasteiger partial charge on any atom is 0.326 e. The molecule has 8 amide bonds. The normalized spacial score (nSPS) is 15.5. The fourth-order valence-corrected chi connectivity index (χ4v) is 5.91. The van der Waals surface area contributed by atoms with E-state index >= 15 is 0 Å². The number of rotatable bonds is 31. The van der Waals surface area contributed by atoms with Gasteiger partial charge in [-0.15, -0.1) is 0 Å². The third-order valence-electron chi connectivity index (χ3n) is 9.73. The molecular formula is C39H70N10O15+2. The summed E-state index contributed by atoms with van der Waals surface area (Å²) in [6.07, 6.45) is -3.73. The van der Waals surface area contributed by atoms with E-state index < -0.39 is 151 Å². The van der Waals surface area contributed by atoms with Crippen LogP contribution in [0.15, 0.2) is 0 Å². The zero-order valence-corrected chi connectivity index (χ0v) is 37.6. The fraction of sp³-hybridized carbons (Fsp3) is 0.718. The van der Waals surface area contributed by atoms with Gasteiger partial charge in [-0.2, -0.15) is 0 Å². The monoisotopic (exact) mass is 919 g/mol. The minimum atomic E-state index is -1.85. The van der Waals surface area contributed by atoms with Crippen molar-refractivity contribution in [2.45, 2.75) is 154 Å². The van der Waals surface area contributed by atoms with E-state index in [4.69, 9.17) is 5.73 Å². The Labute approximate surface area is 370 Å². The molecule has 9 atom stereocenters. The van der Waals surface area contributed by atoms with Gasteiger partial charge in [0.15, 0.2) is 6.04 Å². The quantitative estimate of drug-likeness (QED) is 0.0289. The summed E-state index contributed by atoms with van der Waals surface area (Å²) in [5.74, 6) is -13.7. The van der Waals surface area contributed by atoms with Crippen molar-refractivity contribution in [1.82, 2.24) is 37.2 Å². The molecule has 0 spiro atoms. The first-order valence-corrected chi connectivity index (χ1v) is 21.0. The van der Waals surface area contributed by atoms with E-state index in [0.29, 0.717) is 19.4 Å². The molecular weight excluding hydrogens is 848 g/mol. The van der Waals surface area contributed by atoms with Crippen LogP contribution in [0.2, 0.25) is 0 Å². The lowest BCUT2D eigenvalue weighted by Gasteiger charge is -2.29. The van der Waals surface area contributed by atoms with Crippen molar-refractivity contribution in [3.63, 3.8) is 0 Å². The Balaban J connectivity index is 6.48. The van der Waals surface area contributed by atoms with Crippen LogP contribution in [0.3, 0.4) is 0 Å². The molecule has 0 heterocycles. The highest BCUT2D eigenvalue weighted by Crippen LogP contribution is 2.11. The van der Waals surface area contributed by atoms with E-state index in [9.17, 15) is 73.2 Å². The number of quaternary nitrogens is 2. The number of hydrogen-bond donors (Lipinski definition) is 14. The van der Waals surface area contributed by atoms with E-state index in [0.717, 1.165) is 6.92 Å². The molecule has 0 radical (unpaired) electrons. The lowest BCUT2D eigenvalue weighted by molar-refractivity contribution is -0.414. The summed E-state index contributed by atoms with van der Waals surface area (Å²) in [6, 6.07) is -12.1. The summed E-state index contributed by atoms with van der Waals surface area (Å²) in [4.78, 5) is 141. The highest BCUT2D eigenvalue weighted by molar-refractivity contribution is 5.99. The number of nitrogens with one attached hydrogen (secondary N) is 7. The van der Waals surface area contributed by atoms with Gasteiger partial charge in [-0.25, -0.2) is 4.79 Å². The third kappa shape index (κ3) is 21.9. The second-order valence-corrected chi connectivity index (χ2v) is 16.6. The van der Waals surface area contributed by atoms with Crippen LogP contribution in [-0.2, 0) is 52.7 Å². The molecule has 0 rings (SSSR count). The number of aliphatic hydroxyl groups excluding tert-OH is 1. The minimum absolute atomic E-state index is 0.0256. The van der Waals surface area contributed by atoms with Crippen molar-refractivity contribution in [3.05, 3.63) is 0 Å². The summed E-state index contributed by atoms with van der Waals surface area (Å²) in [6.45, 7) is 11.3. The van der Waals surface area contributed by atoms with E-state index in [-0.39, 0.29) is 24.7 Å². The number of unbranched alkanes of at least 4 members (excludes halogenated alkanes) is 1. The van der Waals surface area contributed by atoms with Crippen LogP contribution in [0, 0.1) is 17.8 Å². The number of aliphatic carboxylic acids is 3. The predicted molar refractivity (Wildman–Crippen MR) is 223 cm³/mol. The number of amides is 8. The van der Waals surface area contributed by atoms with Crippen molar-refractivity contribution in [2.24, 2.45) is 23.5 Å². The summed E-state index contributed by atoms with van der Waals surface area (Å²) in [5, 5.41) is 55.0. The molecule has 0 aliphatic rings. The van der Waals surface area contributed by atoms with Gasteiger partial charge in [-0.3, -0.25) is 47.9 Å². The van der Waals surface area contributed by atoms with Gasteiger partial charge >= 0.3 is 17.9 Å². The van der Waals surface area contributed by atoms with Crippen molar-refractivity contribution >= 4 is 65.2 Å². The molecule has 0 unspecified atom stereocenters. The standard InChI is InChI=1S/C39H68N10O15/c1-17(2)14-25(39(63)64)47-35(59)24(16-28(54)55)46-38(62)31(20(7)50)49-37(61)30(19(5)6)48-33(57)21(10-8-9-13-40)43-34(58)23(15-26(41)51)45-32(56)22(11-12-27(52)53)44-36(60)29(42)18(3)4/h17-25,29-31,50H,8-16,40,42H2,1-7H3,(H2,41,51)(H,43,58)(H,44,60)(H,45,56)(H,46,62)(H,47,59)(H,48,57)(H,49,61)(H,52,53)(H,54,55)(H,63,64)/p+2/t20-,21+,22+,23+,24+,25+,29+,30+,31+/m1/s1. The lowest BCUT2D eigenvalue weighted by Crippen LogP contribution is -2.71. The summed E-state index contributed by atoms with van der Waals surface area (Å²) in [5.41, 5.74) is 12.9. The molecule has 0 aliphatic heterocycles. The Kier molecular flexibility index (Phi) is 26.0. The molecule has 64 heavy (non-hydrogen) atoms. The van der Waals surface area contributed by atoms with E-state index in [1.807, 2.05) is 0 Å². The second kappa shape index (κ2) is 28.7. The van der Waals surface area contributed by atoms with Crippen LogP contribution in [0.25, 0.3) is 0 Å². The van der Waals surface area contributed by atoms with Crippen LogP contribution in [0.4, 0.5) is 0 Å². The molecule has 0 aromatic rings. The molecule has 0 saturated heterocycles. The highest BCUT2D eigenvalue weighted by atomic mass is 16.4. The number of carboxylic acids is 3. The smallest absolute Gasteiger partial charge is 0.326 e. The van der Waals surface area contributed by atoms with Gasteiger partial charge in [0.1, 0.15) is 42.3 Å². The third-order valence-corrected chi connectivity index (χ3v) is 9.73. The van der Waals surface area contributed by atoms with Gasteiger partial charge in [0.05, 0.1) is 25.5 Å². The Morgan fingerprint density at radius 2 is 0.953 bits per heavy atom. The van der Waals surface area contributed by atoms with Crippen molar-refractivity contribution in [1.29, 1.82) is 0 Å². The van der Waals surface area contributed by atoms with Crippen LogP contribution in [0.1, 0.15) is 99.8 Å². The van der Waals surface area contributed by atoms with Gasteiger partial charge in [0, 0.05) is 12.3 Å². The highest BCUT2D eigenvalue weighted by Gasteiger charge is 2.37. The lowest BCUT2D eigenvalue weighted by atomic mass is 10.00. The van der Waals surface area contributed by atoms with E-state index in [1.165, 1.54) is 13.8 Å². The number of carboxylic acid groups (broad SMARTS) is 3. The Bertz CT molecular complexity index is 1660. The molecule has 0 aromatic heterocycles. The van der Waals surface area contributed by atoms with E-state index in [2.05, 4.69) is 48.7 Å². The summed E-state index contributed by atoms with van der Waals surface area (Å²) >= 11 is 0. The van der Waals surface area contributed by atoms with Gasteiger partial charge < -0.3 is 74.8 Å². The number of carbonyl (C=O) groups is 11. The largest absolute Gasteiger partial charge is 0.481 e. The Morgan fingerprint density at radius 3 is 1.41 bits per heavy atom. The van der Waals surface area contributed by atoms with E-state index in [1.54, 1.807) is 27.7 Å². The van der Waals surface area contributed by atoms with Crippen molar-refractivity contribution < 1.29 is 84.6 Å². The van der Waals surface area contributed by atoms with Crippen LogP contribution < -0.4 is 54.4 Å². The van der Waals surface area contributed by atoms with Gasteiger partial charge in [-0.1, -0.05) is 41.5 Å². The Hall–Kier alpha value is -5.95. The first-order valence-electron chi connectivity index (χ1n) is 21.0. The molecule has 364 valence electrons. The molecule has 19 N–H and O–H groups in total. The van der Waals surface area contributed by atoms with Gasteiger partial charge in [0.2, 0.25) is 41.4 Å². The summed E-state index contributed by atoms with van der Waals surface area (Å²) < 4.78 is 0. The number of aliphatic hydroxyl groups is 1. The van der Waals surface area contributed by atoms with Gasteiger partial charge in [0.25, 0.3) is 5.91 Å². The number of hydrogen-bond acceptors (Lipinski definition) is 12. The maximum absolute atomic E-state index is 13.9. The second-order valence-electron chi connectivity index (χ2n) is 16.6. The molecule has 0 saturated carbocycles. The molecule has 0 fully saturated rings. The summed E-state index contributed by atoms with van der Waals surface area (Å²) in [7, 11) is 0. The zero-order chi connectivity index (χ0) is 49.6. The number of carbonyl (C=O) groups excluding carboxylic acids is 8. The molecule has 0 aliphatic carbocycles. The van der Waals surface area contributed by atoms with Crippen LogP contribution in [-0.4, -0.2) is 147 Å². The number of primary amides is 1. The zero-order valence-electron chi connectivity index (χ0n) is 37.6. The van der Waals surface area contributed by atoms with Crippen LogP contribution >= 0.6 is 0 Å². The first kappa shape index (κ1) is 58.0. The SMILES string of the molecule is CC(C)C[C@H](NC(=O)[C@H](CC(=O)O)NC(=O)[C@@H](NC(=O)[C@@H](NC(=O)[C@H](CCCC[NH3+])NC(=O)[C@H](CC(N)=O)NC(=O)[C@H](CCC(=O)O)NC(=O)[C@@H]([NH3+])C(C)C)C(C)C)[C@@H](C)O)C(=O)O. The Morgan fingerprint density at radius 1 is 0.516 bits per heavy atom. The average Bonchev–Trinajstić information content (AvgIpc) is 3.17. The molecule has 25 heteroatoms. The van der Waals surface area contributed by atoms with Gasteiger partial charge in [-0.05, 0) is 50.9 Å².